The Morgan fingerprint density at radius 1 is 1.33 bits per heavy atom. The minimum absolute atomic E-state index is 0.140. The first-order valence-electron chi connectivity index (χ1n) is 5.15. The first-order chi connectivity index (χ1) is 7.27. The van der Waals surface area contributed by atoms with Crippen LogP contribution in [0.1, 0.15) is 11.7 Å². The summed E-state index contributed by atoms with van der Waals surface area (Å²) in [6.45, 7) is 1.90. The van der Waals surface area contributed by atoms with Crippen LogP contribution < -0.4 is 0 Å². The van der Waals surface area contributed by atoms with Crippen molar-refractivity contribution in [2.45, 2.75) is 6.10 Å². The highest BCUT2D eigenvalue weighted by Crippen LogP contribution is 2.20. The van der Waals surface area contributed by atoms with Gasteiger partial charge in [0.2, 0.25) is 0 Å². The molecule has 1 aromatic carbocycles. The SMILES string of the molecule is CN1CCOC(c2ccccc2)C(=O)C1. The molecule has 3 nitrogen and oxygen atoms in total. The van der Waals surface area contributed by atoms with Crippen LogP contribution >= 0.6 is 0 Å². The number of rotatable bonds is 1. The molecule has 1 aromatic rings. The predicted octanol–water partition coefficient (Wildman–Crippen LogP) is 1.26. The zero-order valence-electron chi connectivity index (χ0n) is 8.85. The second-order valence-electron chi connectivity index (χ2n) is 3.87. The van der Waals surface area contributed by atoms with Gasteiger partial charge in [-0.15, -0.1) is 0 Å². The highest BCUT2D eigenvalue weighted by atomic mass is 16.5. The van der Waals surface area contributed by atoms with Crippen molar-refractivity contribution in [1.29, 1.82) is 0 Å². The molecule has 1 fully saturated rings. The molecule has 2 rings (SSSR count). The molecule has 1 heterocycles. The lowest BCUT2D eigenvalue weighted by Gasteiger charge is -2.13. The number of ketones is 1. The van der Waals surface area contributed by atoms with Crippen LogP contribution in [0.3, 0.4) is 0 Å². The van der Waals surface area contributed by atoms with Crippen LogP contribution in [0, 0.1) is 0 Å². The van der Waals surface area contributed by atoms with Crippen molar-refractivity contribution in [1.82, 2.24) is 4.90 Å². The molecule has 0 aromatic heterocycles. The number of hydrogen-bond acceptors (Lipinski definition) is 3. The molecule has 0 bridgehead atoms. The van der Waals surface area contributed by atoms with E-state index in [0.717, 1.165) is 12.1 Å². The molecule has 1 aliphatic rings. The minimum atomic E-state index is -0.379. The number of hydrogen-bond donors (Lipinski definition) is 0. The summed E-state index contributed by atoms with van der Waals surface area (Å²) in [7, 11) is 1.94. The fraction of sp³-hybridized carbons (Fsp3) is 0.417. The van der Waals surface area contributed by atoms with E-state index in [1.54, 1.807) is 0 Å². The monoisotopic (exact) mass is 205 g/mol. The summed E-state index contributed by atoms with van der Waals surface area (Å²) < 4.78 is 5.58. The number of benzene rings is 1. The van der Waals surface area contributed by atoms with Gasteiger partial charge in [-0.2, -0.15) is 0 Å². The highest BCUT2D eigenvalue weighted by Gasteiger charge is 2.24. The van der Waals surface area contributed by atoms with Crippen LogP contribution in [0.25, 0.3) is 0 Å². The van der Waals surface area contributed by atoms with Crippen LogP contribution in [0.5, 0.6) is 0 Å². The van der Waals surface area contributed by atoms with Crippen molar-refractivity contribution in [2.24, 2.45) is 0 Å². The van der Waals surface area contributed by atoms with Gasteiger partial charge in [0, 0.05) is 6.54 Å². The maximum atomic E-state index is 11.9. The summed E-state index contributed by atoms with van der Waals surface area (Å²) in [5.41, 5.74) is 0.956. The maximum Gasteiger partial charge on any atom is 0.179 e. The Labute approximate surface area is 89.7 Å². The molecule has 15 heavy (non-hydrogen) atoms. The first-order valence-corrected chi connectivity index (χ1v) is 5.15. The average molecular weight is 205 g/mol. The van der Waals surface area contributed by atoms with Crippen LogP contribution in [0.4, 0.5) is 0 Å². The van der Waals surface area contributed by atoms with Crippen molar-refractivity contribution in [3.05, 3.63) is 35.9 Å². The summed E-state index contributed by atoms with van der Waals surface area (Å²) in [5, 5.41) is 0. The molecule has 0 saturated carbocycles. The number of carbonyl (C=O) groups is 1. The smallest absolute Gasteiger partial charge is 0.179 e. The normalized spacial score (nSPS) is 23.8. The zero-order chi connectivity index (χ0) is 10.7. The number of likely N-dealkylation sites (N-methyl/N-ethyl adjacent to an activating group) is 1. The van der Waals surface area contributed by atoms with Gasteiger partial charge in [0.15, 0.2) is 5.78 Å². The summed E-state index contributed by atoms with van der Waals surface area (Å²) in [6.07, 6.45) is -0.379. The van der Waals surface area contributed by atoms with Crippen LogP contribution in [0.15, 0.2) is 30.3 Å². The Morgan fingerprint density at radius 2 is 2.07 bits per heavy atom. The minimum Gasteiger partial charge on any atom is -0.364 e. The van der Waals surface area contributed by atoms with Gasteiger partial charge in [-0.3, -0.25) is 9.69 Å². The number of Topliss-reactive ketones (excluding diaryl/α,β-unsaturated/α-hetero) is 1. The van der Waals surface area contributed by atoms with E-state index in [1.165, 1.54) is 0 Å². The molecule has 0 aliphatic carbocycles. The fourth-order valence-electron chi connectivity index (χ4n) is 1.76. The molecule has 1 atom stereocenters. The van der Waals surface area contributed by atoms with Crippen molar-refractivity contribution >= 4 is 5.78 Å². The average Bonchev–Trinajstić information content (AvgIpc) is 2.40. The molecule has 0 N–H and O–H groups in total. The summed E-state index contributed by atoms with van der Waals surface area (Å²) in [5.74, 6) is 0.140. The van der Waals surface area contributed by atoms with E-state index in [2.05, 4.69) is 0 Å². The lowest BCUT2D eigenvalue weighted by molar-refractivity contribution is -0.128. The number of ether oxygens (including phenoxy) is 1. The van der Waals surface area contributed by atoms with Gasteiger partial charge in [-0.05, 0) is 12.6 Å². The van der Waals surface area contributed by atoms with Gasteiger partial charge in [0.25, 0.3) is 0 Å². The topological polar surface area (TPSA) is 29.5 Å². The second-order valence-corrected chi connectivity index (χ2v) is 3.87. The fourth-order valence-corrected chi connectivity index (χ4v) is 1.76. The lowest BCUT2D eigenvalue weighted by Crippen LogP contribution is -2.26. The Balaban J connectivity index is 2.18. The highest BCUT2D eigenvalue weighted by molar-refractivity contribution is 5.86. The van der Waals surface area contributed by atoms with Crippen molar-refractivity contribution in [3.63, 3.8) is 0 Å². The molecule has 3 heteroatoms. The van der Waals surface area contributed by atoms with E-state index in [-0.39, 0.29) is 11.9 Å². The standard InChI is InChI=1S/C12H15NO2/c1-13-7-8-15-12(11(14)9-13)10-5-3-2-4-6-10/h2-6,12H,7-9H2,1H3. The predicted molar refractivity (Wildman–Crippen MR) is 57.6 cm³/mol. The van der Waals surface area contributed by atoms with Crippen molar-refractivity contribution in [3.8, 4) is 0 Å². The van der Waals surface area contributed by atoms with Gasteiger partial charge < -0.3 is 4.74 Å². The largest absolute Gasteiger partial charge is 0.364 e. The third-order valence-corrected chi connectivity index (χ3v) is 2.58. The van der Waals surface area contributed by atoms with Crippen LogP contribution in [0.2, 0.25) is 0 Å². The van der Waals surface area contributed by atoms with Gasteiger partial charge in [-0.25, -0.2) is 0 Å². The Morgan fingerprint density at radius 3 is 2.80 bits per heavy atom. The third kappa shape index (κ3) is 2.43. The van der Waals surface area contributed by atoms with Crippen molar-refractivity contribution < 1.29 is 9.53 Å². The van der Waals surface area contributed by atoms with E-state index >= 15 is 0 Å². The Bertz CT molecular complexity index is 337. The lowest BCUT2D eigenvalue weighted by atomic mass is 10.1. The molecule has 0 radical (unpaired) electrons. The van der Waals surface area contributed by atoms with Gasteiger partial charge in [0.1, 0.15) is 6.10 Å². The summed E-state index contributed by atoms with van der Waals surface area (Å²) >= 11 is 0. The molecule has 1 aliphatic heterocycles. The van der Waals surface area contributed by atoms with Crippen LogP contribution in [-0.2, 0) is 9.53 Å². The number of nitrogens with zero attached hydrogens (tertiary/aromatic N) is 1. The Kier molecular flexibility index (Phi) is 3.14. The maximum absolute atomic E-state index is 11.9. The molecule has 0 amide bonds. The van der Waals surface area contributed by atoms with Crippen molar-refractivity contribution in [2.75, 3.05) is 26.7 Å². The van der Waals surface area contributed by atoms with E-state index in [0.29, 0.717) is 13.2 Å². The first kappa shape index (κ1) is 10.3. The number of carbonyl (C=O) groups excluding carboxylic acids is 1. The van der Waals surface area contributed by atoms with Crippen LogP contribution in [-0.4, -0.2) is 37.4 Å². The van der Waals surface area contributed by atoms with Gasteiger partial charge in [-0.1, -0.05) is 30.3 Å². The molecule has 1 saturated heterocycles. The third-order valence-electron chi connectivity index (χ3n) is 2.58. The Hall–Kier alpha value is -1.19. The molecular formula is C12H15NO2. The molecule has 0 spiro atoms. The second kappa shape index (κ2) is 4.55. The zero-order valence-corrected chi connectivity index (χ0v) is 8.85. The summed E-state index contributed by atoms with van der Waals surface area (Å²) in [6, 6.07) is 9.68. The van der Waals surface area contributed by atoms with E-state index in [4.69, 9.17) is 4.74 Å². The van der Waals surface area contributed by atoms with E-state index in [1.807, 2.05) is 42.3 Å². The van der Waals surface area contributed by atoms with Gasteiger partial charge in [0.05, 0.1) is 13.2 Å². The quantitative estimate of drug-likeness (QED) is 0.691. The molecule has 80 valence electrons. The molecular weight excluding hydrogens is 190 g/mol. The van der Waals surface area contributed by atoms with E-state index in [9.17, 15) is 4.79 Å². The van der Waals surface area contributed by atoms with Gasteiger partial charge >= 0.3 is 0 Å². The molecule has 1 unspecified atom stereocenters. The summed E-state index contributed by atoms with van der Waals surface area (Å²) in [4.78, 5) is 13.8. The van der Waals surface area contributed by atoms with E-state index < -0.39 is 0 Å².